The van der Waals surface area contributed by atoms with Crippen molar-refractivity contribution in [1.82, 2.24) is 15.0 Å². The van der Waals surface area contributed by atoms with Gasteiger partial charge < -0.3 is 10.2 Å². The Morgan fingerprint density at radius 1 is 0.839 bits per heavy atom. The number of hydrogen-bond acceptors (Lipinski definition) is 5. The van der Waals surface area contributed by atoms with Crippen molar-refractivity contribution in [3.8, 4) is 11.3 Å². The molecule has 5 heteroatoms. The first-order valence-electron chi connectivity index (χ1n) is 10.8. The summed E-state index contributed by atoms with van der Waals surface area (Å²) in [6.07, 6.45) is 4.88. The second kappa shape index (κ2) is 8.96. The van der Waals surface area contributed by atoms with Crippen LogP contribution in [0.2, 0.25) is 0 Å². The molecule has 2 aromatic carbocycles. The summed E-state index contributed by atoms with van der Waals surface area (Å²) in [5.41, 5.74) is 4.68. The summed E-state index contributed by atoms with van der Waals surface area (Å²) in [6, 6.07) is 27.1. The highest BCUT2D eigenvalue weighted by Gasteiger charge is 2.22. The van der Waals surface area contributed by atoms with Gasteiger partial charge in [-0.15, -0.1) is 0 Å². The van der Waals surface area contributed by atoms with Gasteiger partial charge in [-0.05, 0) is 42.5 Å². The van der Waals surface area contributed by atoms with Crippen molar-refractivity contribution >= 4 is 17.6 Å². The van der Waals surface area contributed by atoms with Gasteiger partial charge in [-0.25, -0.2) is 9.97 Å². The van der Waals surface area contributed by atoms with Gasteiger partial charge in [0.1, 0.15) is 11.6 Å². The van der Waals surface area contributed by atoms with Crippen molar-refractivity contribution in [1.29, 1.82) is 0 Å². The third-order valence-electron chi connectivity index (χ3n) is 5.57. The fourth-order valence-electron chi connectivity index (χ4n) is 3.98. The van der Waals surface area contributed by atoms with E-state index in [1.165, 1.54) is 11.1 Å². The van der Waals surface area contributed by atoms with E-state index >= 15 is 0 Å². The molecule has 0 unspecified atom stereocenters. The molecule has 0 fully saturated rings. The molecule has 0 radical (unpaired) electrons. The van der Waals surface area contributed by atoms with E-state index in [0.717, 1.165) is 55.2 Å². The highest BCUT2D eigenvalue weighted by atomic mass is 15.3. The standard InChI is InChI=1S/C26H25N5/c1-3-8-20(9-4-1)15-17-27-26-28-18-16-24(30-26)31-19-7-12-22-13-14-23(29-25(22)31)21-10-5-2-6-11-21/h1-6,8-11,13-14,16,18H,7,12,15,17,19H2,(H,27,28,30). The molecular weight excluding hydrogens is 382 g/mol. The van der Waals surface area contributed by atoms with Crippen molar-refractivity contribution in [3.05, 3.63) is 96.2 Å². The summed E-state index contributed by atoms with van der Waals surface area (Å²) >= 11 is 0. The van der Waals surface area contributed by atoms with Crippen LogP contribution in [-0.2, 0) is 12.8 Å². The monoisotopic (exact) mass is 407 g/mol. The van der Waals surface area contributed by atoms with Gasteiger partial charge in [0, 0.05) is 24.8 Å². The Balaban J connectivity index is 1.37. The largest absolute Gasteiger partial charge is 0.354 e. The van der Waals surface area contributed by atoms with E-state index in [1.807, 2.05) is 36.5 Å². The molecule has 31 heavy (non-hydrogen) atoms. The number of aromatic nitrogens is 3. The van der Waals surface area contributed by atoms with Gasteiger partial charge >= 0.3 is 0 Å². The van der Waals surface area contributed by atoms with Gasteiger partial charge in [0.15, 0.2) is 0 Å². The van der Waals surface area contributed by atoms with Crippen LogP contribution in [0.4, 0.5) is 17.6 Å². The smallest absolute Gasteiger partial charge is 0.224 e. The predicted molar refractivity (Wildman–Crippen MR) is 126 cm³/mol. The lowest BCUT2D eigenvalue weighted by atomic mass is 10.0. The zero-order valence-electron chi connectivity index (χ0n) is 17.4. The van der Waals surface area contributed by atoms with E-state index in [9.17, 15) is 0 Å². The van der Waals surface area contributed by atoms with Crippen LogP contribution in [0, 0.1) is 0 Å². The minimum atomic E-state index is 0.653. The molecule has 3 heterocycles. The maximum atomic E-state index is 5.02. The van der Waals surface area contributed by atoms with Crippen LogP contribution in [0.5, 0.6) is 0 Å². The van der Waals surface area contributed by atoms with E-state index in [0.29, 0.717) is 5.95 Å². The SMILES string of the molecule is c1ccc(CCNc2nccc(N3CCCc4ccc(-c5ccccc5)nc43)n2)cc1. The van der Waals surface area contributed by atoms with Crippen LogP contribution >= 0.6 is 0 Å². The molecule has 5 rings (SSSR count). The summed E-state index contributed by atoms with van der Waals surface area (Å²) in [6.45, 7) is 1.69. The summed E-state index contributed by atoms with van der Waals surface area (Å²) < 4.78 is 0. The first-order chi connectivity index (χ1) is 15.4. The minimum absolute atomic E-state index is 0.653. The van der Waals surface area contributed by atoms with Crippen molar-refractivity contribution in [2.45, 2.75) is 19.3 Å². The lowest BCUT2D eigenvalue weighted by molar-refractivity contribution is 0.745. The second-order valence-corrected chi connectivity index (χ2v) is 7.70. The molecule has 0 spiro atoms. The van der Waals surface area contributed by atoms with Gasteiger partial charge in [0.2, 0.25) is 5.95 Å². The Morgan fingerprint density at radius 3 is 2.48 bits per heavy atom. The second-order valence-electron chi connectivity index (χ2n) is 7.70. The maximum absolute atomic E-state index is 5.02. The van der Waals surface area contributed by atoms with E-state index in [2.05, 4.69) is 63.7 Å². The summed E-state index contributed by atoms with van der Waals surface area (Å²) in [4.78, 5) is 16.4. The van der Waals surface area contributed by atoms with Crippen LogP contribution in [0.1, 0.15) is 17.5 Å². The van der Waals surface area contributed by atoms with Crippen molar-refractivity contribution in [2.75, 3.05) is 23.3 Å². The Kier molecular flexibility index (Phi) is 5.56. The summed E-state index contributed by atoms with van der Waals surface area (Å²) in [7, 11) is 0. The molecule has 1 aliphatic rings. The fourth-order valence-corrected chi connectivity index (χ4v) is 3.98. The number of fused-ring (bicyclic) bond motifs is 1. The van der Waals surface area contributed by atoms with Crippen LogP contribution in [0.3, 0.4) is 0 Å². The van der Waals surface area contributed by atoms with Gasteiger partial charge in [-0.1, -0.05) is 66.7 Å². The average molecular weight is 408 g/mol. The van der Waals surface area contributed by atoms with Crippen LogP contribution < -0.4 is 10.2 Å². The Morgan fingerprint density at radius 2 is 1.65 bits per heavy atom. The molecular formula is C26H25N5. The Bertz CT molecular complexity index is 1140. The van der Waals surface area contributed by atoms with Crippen LogP contribution in [0.15, 0.2) is 85.1 Å². The average Bonchev–Trinajstić information content (AvgIpc) is 2.85. The van der Waals surface area contributed by atoms with Gasteiger partial charge in [-0.2, -0.15) is 4.98 Å². The first kappa shape index (κ1) is 19.2. The molecule has 0 saturated heterocycles. The molecule has 1 aliphatic heterocycles. The van der Waals surface area contributed by atoms with Crippen molar-refractivity contribution < 1.29 is 0 Å². The molecule has 1 N–H and O–H groups in total. The minimum Gasteiger partial charge on any atom is -0.354 e. The zero-order chi connectivity index (χ0) is 20.9. The summed E-state index contributed by atoms with van der Waals surface area (Å²) in [5.74, 6) is 2.54. The number of rotatable bonds is 6. The number of aryl methyl sites for hydroxylation is 1. The van der Waals surface area contributed by atoms with Crippen molar-refractivity contribution in [2.24, 2.45) is 0 Å². The number of nitrogens with zero attached hydrogens (tertiary/aromatic N) is 4. The number of pyridine rings is 1. The van der Waals surface area contributed by atoms with Crippen LogP contribution in [-0.4, -0.2) is 28.0 Å². The number of hydrogen-bond donors (Lipinski definition) is 1. The molecule has 0 aliphatic carbocycles. The number of anilines is 3. The molecule has 2 aromatic heterocycles. The zero-order valence-corrected chi connectivity index (χ0v) is 17.4. The topological polar surface area (TPSA) is 53.9 Å². The third-order valence-corrected chi connectivity index (χ3v) is 5.57. The molecule has 4 aromatic rings. The number of benzene rings is 2. The lowest BCUT2D eigenvalue weighted by Gasteiger charge is -2.29. The lowest BCUT2D eigenvalue weighted by Crippen LogP contribution is -2.27. The predicted octanol–water partition coefficient (Wildman–Crippen LogP) is 5.28. The number of nitrogens with one attached hydrogen (secondary N) is 1. The first-order valence-corrected chi connectivity index (χ1v) is 10.8. The molecule has 0 bridgehead atoms. The van der Waals surface area contributed by atoms with Crippen LogP contribution in [0.25, 0.3) is 11.3 Å². The highest BCUT2D eigenvalue weighted by Crippen LogP contribution is 2.33. The molecule has 0 saturated carbocycles. The molecule has 5 nitrogen and oxygen atoms in total. The highest BCUT2D eigenvalue weighted by molar-refractivity contribution is 5.68. The van der Waals surface area contributed by atoms with Gasteiger partial charge in [0.25, 0.3) is 0 Å². The third kappa shape index (κ3) is 4.40. The Hall–Kier alpha value is -3.73. The van der Waals surface area contributed by atoms with E-state index < -0.39 is 0 Å². The van der Waals surface area contributed by atoms with E-state index in [4.69, 9.17) is 9.97 Å². The van der Waals surface area contributed by atoms with Gasteiger partial charge in [0.05, 0.1) is 5.69 Å². The molecule has 154 valence electrons. The Labute approximate surface area is 182 Å². The maximum Gasteiger partial charge on any atom is 0.224 e. The van der Waals surface area contributed by atoms with E-state index in [-0.39, 0.29) is 0 Å². The van der Waals surface area contributed by atoms with Gasteiger partial charge in [-0.3, -0.25) is 0 Å². The molecule has 0 atom stereocenters. The summed E-state index contributed by atoms with van der Waals surface area (Å²) in [5, 5.41) is 3.36. The quantitative estimate of drug-likeness (QED) is 0.471. The molecule has 0 amide bonds. The van der Waals surface area contributed by atoms with Crippen molar-refractivity contribution in [3.63, 3.8) is 0 Å². The fraction of sp³-hybridized carbons (Fsp3) is 0.192. The van der Waals surface area contributed by atoms with E-state index in [1.54, 1.807) is 0 Å². The normalized spacial score (nSPS) is 13.0.